The largest absolute Gasteiger partial charge is 0.492 e. The first-order valence-corrected chi connectivity index (χ1v) is 10.1. The number of hydrogen-bond acceptors (Lipinski definition) is 5. The monoisotopic (exact) mass is 403 g/mol. The number of aromatic carboxylic acids is 1. The zero-order chi connectivity index (χ0) is 20.9. The summed E-state index contributed by atoms with van der Waals surface area (Å²) in [5, 5.41) is 9.45. The SMILES string of the molecule is CCC1CCC(N)N(c2c(F)cc3c(=O)c(C(=O)O)cn(C4CC4)c3c2OC)C1. The Morgan fingerprint density at radius 1 is 1.34 bits per heavy atom. The summed E-state index contributed by atoms with van der Waals surface area (Å²) < 4.78 is 22.7. The Labute approximate surface area is 167 Å². The minimum atomic E-state index is -1.32. The Bertz CT molecular complexity index is 1030. The lowest BCUT2D eigenvalue weighted by Crippen LogP contribution is -2.49. The standard InChI is InChI=1S/C21H26FN3O4/c1-3-11-4-7-16(23)25(9-11)18-15(22)8-13-17(20(18)29-2)24(12-5-6-12)10-14(19(13)26)21(27)28/h8,10-12,16H,3-7,9,23H2,1-2H3,(H,27,28). The second-order valence-electron chi connectivity index (χ2n) is 8.02. The van der Waals surface area contributed by atoms with Gasteiger partial charge in [-0.2, -0.15) is 0 Å². The molecule has 7 nitrogen and oxygen atoms in total. The van der Waals surface area contributed by atoms with Gasteiger partial charge in [0.15, 0.2) is 11.6 Å². The second kappa shape index (κ2) is 7.33. The zero-order valence-corrected chi connectivity index (χ0v) is 16.7. The van der Waals surface area contributed by atoms with Gasteiger partial charge in [0.2, 0.25) is 5.43 Å². The smallest absolute Gasteiger partial charge is 0.341 e. The number of carboxylic acids is 1. The summed E-state index contributed by atoms with van der Waals surface area (Å²) in [4.78, 5) is 26.2. The molecule has 2 heterocycles. The van der Waals surface area contributed by atoms with Crippen molar-refractivity contribution in [3.05, 3.63) is 33.9 Å². The number of rotatable bonds is 5. The van der Waals surface area contributed by atoms with E-state index >= 15 is 4.39 Å². The number of ether oxygens (including phenoxy) is 1. The van der Waals surface area contributed by atoms with E-state index in [4.69, 9.17) is 10.5 Å². The van der Waals surface area contributed by atoms with Crippen LogP contribution in [0.2, 0.25) is 0 Å². The third-order valence-corrected chi connectivity index (χ3v) is 6.16. The van der Waals surface area contributed by atoms with Gasteiger partial charge >= 0.3 is 5.97 Å². The molecule has 1 aromatic carbocycles. The highest BCUT2D eigenvalue weighted by Gasteiger charge is 2.34. The summed E-state index contributed by atoms with van der Waals surface area (Å²) in [6.45, 7) is 2.71. The van der Waals surface area contributed by atoms with Crippen LogP contribution in [-0.2, 0) is 0 Å². The maximum atomic E-state index is 15.3. The summed E-state index contributed by atoms with van der Waals surface area (Å²) in [5.74, 6) is -1.30. The van der Waals surface area contributed by atoms with Gasteiger partial charge in [-0.3, -0.25) is 4.79 Å². The molecular formula is C21H26FN3O4. The number of halogens is 1. The van der Waals surface area contributed by atoms with Gasteiger partial charge in [-0.1, -0.05) is 13.3 Å². The maximum absolute atomic E-state index is 15.3. The number of anilines is 1. The van der Waals surface area contributed by atoms with E-state index in [-0.39, 0.29) is 34.6 Å². The quantitative estimate of drug-likeness (QED) is 0.796. The van der Waals surface area contributed by atoms with Gasteiger partial charge in [-0.15, -0.1) is 0 Å². The molecule has 1 aliphatic heterocycles. The van der Waals surface area contributed by atoms with Crippen LogP contribution in [0.25, 0.3) is 10.9 Å². The minimum Gasteiger partial charge on any atom is -0.492 e. The third-order valence-electron chi connectivity index (χ3n) is 6.16. The zero-order valence-electron chi connectivity index (χ0n) is 16.7. The van der Waals surface area contributed by atoms with E-state index < -0.39 is 17.2 Å². The molecule has 1 saturated heterocycles. The van der Waals surface area contributed by atoms with Crippen LogP contribution in [0.4, 0.5) is 10.1 Å². The van der Waals surface area contributed by atoms with Crippen LogP contribution < -0.4 is 20.8 Å². The first kappa shape index (κ1) is 19.7. The van der Waals surface area contributed by atoms with Crippen molar-refractivity contribution in [3.8, 4) is 5.75 Å². The van der Waals surface area contributed by atoms with Crippen molar-refractivity contribution in [1.82, 2.24) is 4.57 Å². The van der Waals surface area contributed by atoms with Crippen molar-refractivity contribution in [3.63, 3.8) is 0 Å². The Balaban J connectivity index is 2.01. The molecular weight excluding hydrogens is 377 g/mol. The van der Waals surface area contributed by atoms with Crippen molar-refractivity contribution in [2.75, 3.05) is 18.6 Å². The van der Waals surface area contributed by atoms with Gasteiger partial charge in [-0.25, -0.2) is 9.18 Å². The van der Waals surface area contributed by atoms with E-state index in [0.717, 1.165) is 38.2 Å². The molecule has 8 heteroatoms. The molecule has 0 bridgehead atoms. The molecule has 1 saturated carbocycles. The van der Waals surface area contributed by atoms with E-state index in [2.05, 4.69) is 6.92 Å². The van der Waals surface area contributed by atoms with Crippen LogP contribution in [0.3, 0.4) is 0 Å². The van der Waals surface area contributed by atoms with E-state index in [9.17, 15) is 14.7 Å². The average Bonchev–Trinajstić information content (AvgIpc) is 3.53. The number of methoxy groups -OCH3 is 1. The van der Waals surface area contributed by atoms with Gasteiger partial charge in [0.05, 0.1) is 24.2 Å². The first-order chi connectivity index (χ1) is 13.9. The molecule has 3 N–H and O–H groups in total. The summed E-state index contributed by atoms with van der Waals surface area (Å²) in [6.07, 6.45) is 5.45. The number of benzene rings is 1. The number of aromatic nitrogens is 1. The van der Waals surface area contributed by atoms with Gasteiger partial charge < -0.3 is 25.0 Å². The molecule has 2 atom stereocenters. The number of piperidine rings is 1. The number of pyridine rings is 1. The maximum Gasteiger partial charge on any atom is 0.341 e. The number of carboxylic acid groups (broad SMARTS) is 1. The Morgan fingerprint density at radius 3 is 2.66 bits per heavy atom. The highest BCUT2D eigenvalue weighted by atomic mass is 19.1. The van der Waals surface area contributed by atoms with Crippen LogP contribution >= 0.6 is 0 Å². The first-order valence-electron chi connectivity index (χ1n) is 10.1. The average molecular weight is 403 g/mol. The second-order valence-corrected chi connectivity index (χ2v) is 8.02. The molecule has 4 rings (SSSR count). The molecule has 0 radical (unpaired) electrons. The van der Waals surface area contributed by atoms with E-state index in [1.54, 1.807) is 4.57 Å². The molecule has 2 aliphatic rings. The predicted molar refractivity (Wildman–Crippen MR) is 108 cm³/mol. The van der Waals surface area contributed by atoms with E-state index in [1.807, 2.05) is 4.90 Å². The van der Waals surface area contributed by atoms with Crippen molar-refractivity contribution in [2.24, 2.45) is 11.7 Å². The number of nitrogens with two attached hydrogens (primary N) is 1. The van der Waals surface area contributed by atoms with E-state index in [0.29, 0.717) is 18.0 Å². The Hall–Kier alpha value is -2.61. The van der Waals surface area contributed by atoms with Gasteiger partial charge in [-0.05, 0) is 37.7 Å². The predicted octanol–water partition coefficient (Wildman–Crippen LogP) is 3.09. The van der Waals surface area contributed by atoms with Crippen LogP contribution in [0, 0.1) is 11.7 Å². The van der Waals surface area contributed by atoms with Gasteiger partial charge in [0.25, 0.3) is 0 Å². The fourth-order valence-corrected chi connectivity index (χ4v) is 4.35. The number of fused-ring (bicyclic) bond motifs is 1. The van der Waals surface area contributed by atoms with Gasteiger partial charge in [0, 0.05) is 18.8 Å². The molecule has 29 heavy (non-hydrogen) atoms. The molecule has 1 aliphatic carbocycles. The highest BCUT2D eigenvalue weighted by Crippen LogP contribution is 2.44. The topological polar surface area (TPSA) is 97.8 Å². The highest BCUT2D eigenvalue weighted by molar-refractivity contribution is 5.97. The fourth-order valence-electron chi connectivity index (χ4n) is 4.35. The molecule has 2 unspecified atom stereocenters. The minimum absolute atomic E-state index is 0.0209. The summed E-state index contributed by atoms with van der Waals surface area (Å²) in [5.41, 5.74) is 5.95. The molecule has 1 aromatic heterocycles. The molecule has 2 aromatic rings. The number of hydrogen-bond donors (Lipinski definition) is 2. The summed E-state index contributed by atoms with van der Waals surface area (Å²) in [6, 6.07) is 1.21. The lowest BCUT2D eigenvalue weighted by atomic mass is 9.93. The van der Waals surface area contributed by atoms with Crippen LogP contribution in [-0.4, -0.2) is 35.5 Å². The molecule has 2 fully saturated rings. The van der Waals surface area contributed by atoms with Crippen LogP contribution in [0.5, 0.6) is 5.75 Å². The van der Waals surface area contributed by atoms with Crippen molar-refractivity contribution < 1.29 is 19.0 Å². The number of nitrogens with zero attached hydrogens (tertiary/aromatic N) is 2. The molecule has 0 spiro atoms. The fraction of sp³-hybridized carbons (Fsp3) is 0.524. The van der Waals surface area contributed by atoms with Crippen molar-refractivity contribution in [2.45, 2.75) is 51.2 Å². The Morgan fingerprint density at radius 2 is 2.07 bits per heavy atom. The van der Waals surface area contributed by atoms with Crippen LogP contribution in [0.15, 0.2) is 17.1 Å². The molecule has 0 amide bonds. The lowest BCUT2D eigenvalue weighted by molar-refractivity contribution is 0.0695. The number of carbonyl (C=O) groups is 1. The van der Waals surface area contributed by atoms with Crippen molar-refractivity contribution in [1.29, 1.82) is 0 Å². The summed E-state index contributed by atoms with van der Waals surface area (Å²) >= 11 is 0. The lowest BCUT2D eigenvalue weighted by Gasteiger charge is -2.40. The summed E-state index contributed by atoms with van der Waals surface area (Å²) in [7, 11) is 1.44. The third kappa shape index (κ3) is 3.25. The molecule has 156 valence electrons. The van der Waals surface area contributed by atoms with Crippen molar-refractivity contribution >= 4 is 22.6 Å². The van der Waals surface area contributed by atoms with E-state index in [1.165, 1.54) is 13.3 Å². The normalized spacial score (nSPS) is 22.1. The van der Waals surface area contributed by atoms with Crippen LogP contribution in [0.1, 0.15) is 55.4 Å². The van der Waals surface area contributed by atoms with Gasteiger partial charge in [0.1, 0.15) is 11.3 Å². The Kier molecular flexibility index (Phi) is 4.98.